The molecule has 0 radical (unpaired) electrons. The van der Waals surface area contributed by atoms with E-state index in [1.807, 2.05) is 11.8 Å². The number of hydrogen-bond donors (Lipinski definition) is 0. The maximum atomic E-state index is 4.49. The number of thioether (sulfide) groups is 2. The molecular weight excluding hydrogens is 347 g/mol. The molecule has 0 saturated carbocycles. The van der Waals surface area contributed by atoms with E-state index in [9.17, 15) is 0 Å². The molecule has 6 heteroatoms. The molecule has 2 heterocycles. The van der Waals surface area contributed by atoms with Crippen LogP contribution in [-0.2, 0) is 0 Å². The topological polar surface area (TPSA) is 25.8 Å². The van der Waals surface area contributed by atoms with Crippen LogP contribution in [0.5, 0.6) is 0 Å². The normalized spacial score (nSPS) is 27.9. The molecule has 2 unspecified atom stereocenters. The van der Waals surface area contributed by atoms with E-state index in [2.05, 4.69) is 50.6 Å². The highest BCUT2D eigenvalue weighted by atomic mass is 127. The smallest absolute Gasteiger partial charge is 0.174 e. The van der Waals surface area contributed by atoms with Gasteiger partial charge in [-0.2, -0.15) is 16.1 Å². The van der Waals surface area contributed by atoms with Gasteiger partial charge in [0, 0.05) is 16.8 Å². The summed E-state index contributed by atoms with van der Waals surface area (Å²) in [5.74, 6) is 3.58. The van der Waals surface area contributed by atoms with Crippen molar-refractivity contribution in [3.05, 3.63) is 8.84 Å². The number of aromatic nitrogens is 2. The van der Waals surface area contributed by atoms with Crippen molar-refractivity contribution in [2.24, 2.45) is 0 Å². The maximum Gasteiger partial charge on any atom is 0.174 e. The Kier molecular flexibility index (Phi) is 4.39. The van der Waals surface area contributed by atoms with Crippen molar-refractivity contribution >= 4 is 57.6 Å². The zero-order valence-electron chi connectivity index (χ0n) is 7.77. The van der Waals surface area contributed by atoms with E-state index >= 15 is 0 Å². The molecular formula is C8H11IN2S3. The fourth-order valence-electron chi connectivity index (χ4n) is 1.47. The van der Waals surface area contributed by atoms with Crippen LogP contribution in [0.25, 0.3) is 0 Å². The molecule has 0 spiro atoms. The van der Waals surface area contributed by atoms with E-state index in [0.29, 0.717) is 10.5 Å². The number of rotatable bonds is 2. The molecule has 14 heavy (non-hydrogen) atoms. The molecule has 2 rings (SSSR count). The zero-order chi connectivity index (χ0) is 9.97. The third-order valence-electron chi connectivity index (χ3n) is 2.12. The second-order valence-corrected chi connectivity index (χ2v) is 8.12. The van der Waals surface area contributed by atoms with E-state index < -0.39 is 0 Å². The van der Waals surface area contributed by atoms with Gasteiger partial charge in [-0.1, -0.05) is 6.92 Å². The van der Waals surface area contributed by atoms with Crippen molar-refractivity contribution in [2.45, 2.75) is 23.8 Å². The molecule has 0 amide bonds. The lowest BCUT2D eigenvalue weighted by molar-refractivity contribution is 0.761. The van der Waals surface area contributed by atoms with Gasteiger partial charge in [0.25, 0.3) is 0 Å². The highest BCUT2D eigenvalue weighted by Gasteiger charge is 2.29. The molecule has 0 aromatic carbocycles. The Morgan fingerprint density at radius 2 is 2.21 bits per heavy atom. The fraction of sp³-hybridized carbons (Fsp3) is 0.750. The predicted molar refractivity (Wildman–Crippen MR) is 74.4 cm³/mol. The van der Waals surface area contributed by atoms with Crippen molar-refractivity contribution in [1.29, 1.82) is 0 Å². The van der Waals surface area contributed by atoms with E-state index in [-0.39, 0.29) is 0 Å². The third kappa shape index (κ3) is 2.56. The SMILES string of the molecule is CCC1SCCSC1c1nsc(I)n1. The van der Waals surface area contributed by atoms with E-state index in [0.717, 1.165) is 8.84 Å². The highest BCUT2D eigenvalue weighted by molar-refractivity contribution is 14.1. The lowest BCUT2D eigenvalue weighted by Gasteiger charge is -2.27. The van der Waals surface area contributed by atoms with Gasteiger partial charge in [-0.05, 0) is 40.5 Å². The molecule has 1 aliphatic rings. The highest BCUT2D eigenvalue weighted by Crippen LogP contribution is 2.43. The third-order valence-corrected chi connectivity index (χ3v) is 6.72. The summed E-state index contributed by atoms with van der Waals surface area (Å²) < 4.78 is 5.49. The Hall–Kier alpha value is 0.990. The van der Waals surface area contributed by atoms with Crippen LogP contribution >= 0.6 is 57.6 Å². The first kappa shape index (κ1) is 11.5. The van der Waals surface area contributed by atoms with Gasteiger partial charge >= 0.3 is 0 Å². The van der Waals surface area contributed by atoms with Gasteiger partial charge in [0.15, 0.2) is 8.84 Å². The molecule has 2 atom stereocenters. The van der Waals surface area contributed by atoms with Crippen molar-refractivity contribution in [1.82, 2.24) is 9.36 Å². The van der Waals surface area contributed by atoms with Crippen LogP contribution in [0.3, 0.4) is 0 Å². The largest absolute Gasteiger partial charge is 0.212 e. The Labute approximate surface area is 110 Å². The number of halogens is 1. The average molecular weight is 358 g/mol. The monoisotopic (exact) mass is 358 g/mol. The van der Waals surface area contributed by atoms with E-state index in [1.54, 1.807) is 0 Å². The molecule has 1 aromatic rings. The molecule has 1 aliphatic heterocycles. The number of nitrogens with zero attached hydrogens (tertiary/aromatic N) is 2. The summed E-state index contributed by atoms with van der Waals surface area (Å²) in [4.78, 5) is 4.49. The van der Waals surface area contributed by atoms with E-state index in [1.165, 1.54) is 29.5 Å². The average Bonchev–Trinajstić information content (AvgIpc) is 2.65. The minimum Gasteiger partial charge on any atom is -0.212 e. The van der Waals surface area contributed by atoms with Crippen LogP contribution in [0.2, 0.25) is 0 Å². The van der Waals surface area contributed by atoms with Crippen molar-refractivity contribution in [2.75, 3.05) is 11.5 Å². The van der Waals surface area contributed by atoms with Crippen LogP contribution in [0, 0.1) is 3.01 Å². The summed E-state index contributed by atoms with van der Waals surface area (Å²) in [6, 6.07) is 0. The van der Waals surface area contributed by atoms with Crippen LogP contribution in [0.4, 0.5) is 0 Å². The zero-order valence-corrected chi connectivity index (χ0v) is 12.4. The number of hydrogen-bond acceptors (Lipinski definition) is 5. The van der Waals surface area contributed by atoms with Crippen LogP contribution in [-0.4, -0.2) is 26.1 Å². The lowest BCUT2D eigenvalue weighted by atomic mass is 10.2. The standard InChI is InChI=1S/C8H11IN2S3/c1-2-5-6(13-4-3-12-5)7-10-8(9)14-11-7/h5-6H,2-4H2,1H3. The first-order valence-electron chi connectivity index (χ1n) is 4.53. The molecule has 0 N–H and O–H groups in total. The summed E-state index contributed by atoms with van der Waals surface area (Å²) >= 11 is 7.85. The summed E-state index contributed by atoms with van der Waals surface area (Å²) in [7, 11) is 0. The van der Waals surface area contributed by atoms with Gasteiger partial charge in [-0.25, -0.2) is 4.98 Å². The van der Waals surface area contributed by atoms with Gasteiger partial charge in [0.05, 0.1) is 5.25 Å². The minimum absolute atomic E-state index is 0.526. The van der Waals surface area contributed by atoms with Crippen LogP contribution < -0.4 is 0 Å². The molecule has 1 aromatic heterocycles. The Morgan fingerprint density at radius 1 is 1.43 bits per heavy atom. The Morgan fingerprint density at radius 3 is 2.86 bits per heavy atom. The first-order valence-corrected chi connectivity index (χ1v) is 8.48. The van der Waals surface area contributed by atoms with Crippen molar-refractivity contribution in [3.63, 3.8) is 0 Å². The molecule has 0 bridgehead atoms. The van der Waals surface area contributed by atoms with Gasteiger partial charge < -0.3 is 0 Å². The van der Waals surface area contributed by atoms with Crippen molar-refractivity contribution < 1.29 is 0 Å². The molecule has 2 nitrogen and oxygen atoms in total. The van der Waals surface area contributed by atoms with Crippen LogP contribution in [0.15, 0.2) is 0 Å². The van der Waals surface area contributed by atoms with E-state index in [4.69, 9.17) is 0 Å². The predicted octanol–water partition coefficient (Wildman–Crippen LogP) is 3.44. The first-order chi connectivity index (χ1) is 6.81. The van der Waals surface area contributed by atoms with Crippen molar-refractivity contribution in [3.8, 4) is 0 Å². The second kappa shape index (κ2) is 5.36. The minimum atomic E-state index is 0.526. The van der Waals surface area contributed by atoms with Gasteiger partial charge in [-0.3, -0.25) is 0 Å². The molecule has 0 aliphatic carbocycles. The molecule has 1 saturated heterocycles. The molecule has 1 fully saturated rings. The summed E-state index contributed by atoms with van der Waals surface area (Å²) in [6.07, 6.45) is 1.22. The lowest BCUT2D eigenvalue weighted by Crippen LogP contribution is -2.19. The van der Waals surface area contributed by atoms with Crippen LogP contribution in [0.1, 0.15) is 24.4 Å². The quantitative estimate of drug-likeness (QED) is 0.757. The Balaban J connectivity index is 2.14. The summed E-state index contributed by atoms with van der Waals surface area (Å²) in [5, 5.41) is 1.23. The summed E-state index contributed by atoms with van der Waals surface area (Å²) in [5.41, 5.74) is 0. The van der Waals surface area contributed by atoms with Gasteiger partial charge in [0.2, 0.25) is 0 Å². The Bertz CT molecular complexity index is 305. The molecule has 78 valence electrons. The second-order valence-electron chi connectivity index (χ2n) is 3.01. The maximum absolute atomic E-state index is 4.49. The van der Waals surface area contributed by atoms with Gasteiger partial charge in [0.1, 0.15) is 0 Å². The summed E-state index contributed by atoms with van der Waals surface area (Å²) in [6.45, 7) is 2.26. The van der Waals surface area contributed by atoms with Gasteiger partial charge in [-0.15, -0.1) is 11.8 Å². The fourth-order valence-corrected chi connectivity index (χ4v) is 5.53.